The van der Waals surface area contributed by atoms with Gasteiger partial charge < -0.3 is 15.0 Å². The summed E-state index contributed by atoms with van der Waals surface area (Å²) in [7, 11) is 1.64. The Morgan fingerprint density at radius 3 is 2.81 bits per heavy atom. The van der Waals surface area contributed by atoms with Gasteiger partial charge in [-0.3, -0.25) is 4.79 Å². The molecule has 3 heterocycles. The molecule has 130 valence electrons. The van der Waals surface area contributed by atoms with E-state index in [9.17, 15) is 4.79 Å². The number of nitrogens with zero attached hydrogens (tertiary/aromatic N) is 3. The summed E-state index contributed by atoms with van der Waals surface area (Å²) in [6.07, 6.45) is 0.583. The summed E-state index contributed by atoms with van der Waals surface area (Å²) in [4.78, 5) is 14.8. The number of rotatable bonds is 3. The van der Waals surface area contributed by atoms with E-state index in [-0.39, 0.29) is 12.1 Å². The molecule has 0 saturated carbocycles. The molecule has 2 aliphatic heterocycles. The van der Waals surface area contributed by atoms with E-state index in [0.29, 0.717) is 5.69 Å². The number of H-pyrrole nitrogens is 1. The van der Waals surface area contributed by atoms with E-state index in [1.54, 1.807) is 7.11 Å². The lowest BCUT2D eigenvalue weighted by atomic mass is 10.0. The Bertz CT molecular complexity index is 995. The quantitative estimate of drug-likeness (QED) is 0.759. The van der Waals surface area contributed by atoms with Gasteiger partial charge in [-0.15, -0.1) is 0 Å². The number of methoxy groups -OCH3 is 1. The number of para-hydroxylation sites is 1. The normalized spacial score (nSPS) is 17.8. The monoisotopic (exact) mass is 347 g/mol. The summed E-state index contributed by atoms with van der Waals surface area (Å²) in [5.41, 5.74) is 5.31. The standard InChI is InChI=1S/C19H17N5O2/c1-26-13-7-5-11(6-8-13)15-16(22-23-21-15)18-20-19(25)14-4-2-3-12-9-10-24(18)17(12)14/h2-8,18H,9-10H2,1H3,(H,20,25)(H,21,22,23). The second kappa shape index (κ2) is 5.59. The van der Waals surface area contributed by atoms with Crippen molar-refractivity contribution in [1.29, 1.82) is 0 Å². The van der Waals surface area contributed by atoms with Gasteiger partial charge in [0.25, 0.3) is 5.91 Å². The first kappa shape index (κ1) is 14.9. The largest absolute Gasteiger partial charge is 0.497 e. The van der Waals surface area contributed by atoms with Gasteiger partial charge in [0.15, 0.2) is 0 Å². The maximum absolute atomic E-state index is 12.6. The molecule has 2 aromatic carbocycles. The van der Waals surface area contributed by atoms with Crippen LogP contribution in [0.5, 0.6) is 5.75 Å². The van der Waals surface area contributed by atoms with E-state index in [1.807, 2.05) is 36.4 Å². The van der Waals surface area contributed by atoms with Gasteiger partial charge >= 0.3 is 0 Å². The maximum Gasteiger partial charge on any atom is 0.255 e. The number of benzene rings is 2. The predicted octanol–water partition coefficient (Wildman–Crippen LogP) is 2.29. The van der Waals surface area contributed by atoms with Crippen LogP contribution in [0.4, 0.5) is 5.69 Å². The minimum atomic E-state index is -0.338. The summed E-state index contributed by atoms with van der Waals surface area (Å²) in [5, 5.41) is 14.5. The molecule has 1 atom stereocenters. The second-order valence-corrected chi connectivity index (χ2v) is 6.42. The van der Waals surface area contributed by atoms with Crippen molar-refractivity contribution in [2.45, 2.75) is 12.6 Å². The zero-order valence-electron chi connectivity index (χ0n) is 14.2. The van der Waals surface area contributed by atoms with Crippen molar-refractivity contribution < 1.29 is 9.53 Å². The van der Waals surface area contributed by atoms with E-state index in [4.69, 9.17) is 4.74 Å². The van der Waals surface area contributed by atoms with Crippen LogP contribution in [-0.2, 0) is 6.42 Å². The average molecular weight is 347 g/mol. The number of hydrogen-bond donors (Lipinski definition) is 2. The summed E-state index contributed by atoms with van der Waals surface area (Å²) in [5.74, 6) is 0.705. The van der Waals surface area contributed by atoms with Crippen molar-refractivity contribution in [2.75, 3.05) is 18.6 Å². The SMILES string of the molecule is COc1ccc(-c2n[nH]nc2C2NC(=O)c3cccc4c3N2CC4)cc1. The van der Waals surface area contributed by atoms with Gasteiger partial charge in [-0.1, -0.05) is 12.1 Å². The van der Waals surface area contributed by atoms with Crippen molar-refractivity contribution in [2.24, 2.45) is 0 Å². The zero-order valence-corrected chi connectivity index (χ0v) is 14.2. The summed E-state index contributed by atoms with van der Waals surface area (Å²) in [6, 6.07) is 13.5. The number of aromatic nitrogens is 3. The van der Waals surface area contributed by atoms with Crippen LogP contribution in [0.15, 0.2) is 42.5 Å². The van der Waals surface area contributed by atoms with E-state index < -0.39 is 0 Å². The lowest BCUT2D eigenvalue weighted by Crippen LogP contribution is -2.45. The van der Waals surface area contributed by atoms with Crippen molar-refractivity contribution in [1.82, 2.24) is 20.7 Å². The number of aromatic amines is 1. The average Bonchev–Trinajstić information content (AvgIpc) is 3.33. The van der Waals surface area contributed by atoms with E-state index in [2.05, 4.69) is 31.7 Å². The number of ether oxygens (including phenoxy) is 1. The molecule has 5 rings (SSSR count). The Labute approximate surface area is 150 Å². The molecule has 3 aromatic rings. The molecule has 0 bridgehead atoms. The van der Waals surface area contributed by atoms with Gasteiger partial charge in [-0.2, -0.15) is 15.4 Å². The van der Waals surface area contributed by atoms with Gasteiger partial charge in [0.1, 0.15) is 23.3 Å². The van der Waals surface area contributed by atoms with E-state index in [0.717, 1.165) is 41.2 Å². The van der Waals surface area contributed by atoms with E-state index in [1.165, 1.54) is 5.56 Å². The molecule has 0 aliphatic carbocycles. The molecule has 0 spiro atoms. The van der Waals surface area contributed by atoms with Crippen molar-refractivity contribution >= 4 is 11.6 Å². The number of nitrogens with one attached hydrogen (secondary N) is 2. The maximum atomic E-state index is 12.6. The first-order valence-electron chi connectivity index (χ1n) is 8.51. The highest BCUT2D eigenvalue weighted by Gasteiger charge is 2.38. The Kier molecular flexibility index (Phi) is 3.21. The highest BCUT2D eigenvalue weighted by Crippen LogP contribution is 2.41. The highest BCUT2D eigenvalue weighted by atomic mass is 16.5. The van der Waals surface area contributed by atoms with Crippen molar-refractivity contribution in [3.05, 3.63) is 59.3 Å². The van der Waals surface area contributed by atoms with Crippen LogP contribution < -0.4 is 15.0 Å². The number of carbonyl (C=O) groups is 1. The van der Waals surface area contributed by atoms with E-state index >= 15 is 0 Å². The smallest absolute Gasteiger partial charge is 0.255 e. The Morgan fingerprint density at radius 2 is 2.00 bits per heavy atom. The molecule has 26 heavy (non-hydrogen) atoms. The fraction of sp³-hybridized carbons (Fsp3) is 0.211. The van der Waals surface area contributed by atoms with Crippen LogP contribution >= 0.6 is 0 Å². The first-order chi connectivity index (χ1) is 12.8. The van der Waals surface area contributed by atoms with Gasteiger partial charge in [-0.25, -0.2) is 0 Å². The van der Waals surface area contributed by atoms with Gasteiger partial charge in [-0.05, 0) is 42.3 Å². The minimum absolute atomic E-state index is 0.0753. The lowest BCUT2D eigenvalue weighted by molar-refractivity contribution is 0.0927. The van der Waals surface area contributed by atoms with Crippen LogP contribution in [0.2, 0.25) is 0 Å². The summed E-state index contributed by atoms with van der Waals surface area (Å²) < 4.78 is 5.22. The lowest BCUT2D eigenvalue weighted by Gasteiger charge is -2.35. The molecule has 7 nitrogen and oxygen atoms in total. The third kappa shape index (κ3) is 2.10. The zero-order chi connectivity index (χ0) is 17.7. The molecule has 1 unspecified atom stereocenters. The third-order valence-corrected chi connectivity index (χ3v) is 5.05. The van der Waals surface area contributed by atoms with Crippen LogP contribution in [0.25, 0.3) is 11.3 Å². The molecule has 0 fully saturated rings. The highest BCUT2D eigenvalue weighted by molar-refractivity contribution is 6.03. The van der Waals surface area contributed by atoms with Gasteiger partial charge in [0.2, 0.25) is 0 Å². The Morgan fingerprint density at radius 1 is 1.15 bits per heavy atom. The molecule has 1 aromatic heterocycles. The molecule has 1 amide bonds. The minimum Gasteiger partial charge on any atom is -0.497 e. The third-order valence-electron chi connectivity index (χ3n) is 5.05. The molecule has 0 radical (unpaired) electrons. The second-order valence-electron chi connectivity index (χ2n) is 6.42. The topological polar surface area (TPSA) is 83.1 Å². The molecular weight excluding hydrogens is 330 g/mol. The summed E-state index contributed by atoms with van der Waals surface area (Å²) in [6.45, 7) is 0.839. The number of amides is 1. The van der Waals surface area contributed by atoms with Crippen molar-refractivity contribution in [3.8, 4) is 17.0 Å². The van der Waals surface area contributed by atoms with Crippen LogP contribution in [0, 0.1) is 0 Å². The fourth-order valence-corrected chi connectivity index (χ4v) is 3.81. The van der Waals surface area contributed by atoms with Crippen molar-refractivity contribution in [3.63, 3.8) is 0 Å². The Balaban J connectivity index is 1.58. The summed E-state index contributed by atoms with van der Waals surface area (Å²) >= 11 is 0. The Hall–Kier alpha value is -3.35. The molecular formula is C19H17N5O2. The molecule has 2 aliphatic rings. The fourth-order valence-electron chi connectivity index (χ4n) is 3.81. The first-order valence-corrected chi connectivity index (χ1v) is 8.51. The predicted molar refractivity (Wildman–Crippen MR) is 96.1 cm³/mol. The van der Waals surface area contributed by atoms with Gasteiger partial charge in [0, 0.05) is 12.1 Å². The number of carbonyl (C=O) groups excluding carboxylic acids is 1. The molecule has 2 N–H and O–H groups in total. The van der Waals surface area contributed by atoms with Crippen LogP contribution in [0.1, 0.15) is 27.8 Å². The number of anilines is 1. The van der Waals surface area contributed by atoms with Crippen LogP contribution in [-0.4, -0.2) is 35.0 Å². The van der Waals surface area contributed by atoms with Gasteiger partial charge in [0.05, 0.1) is 18.4 Å². The van der Waals surface area contributed by atoms with Crippen LogP contribution in [0.3, 0.4) is 0 Å². The number of hydrogen-bond acceptors (Lipinski definition) is 5. The molecule has 7 heteroatoms. The molecule has 0 saturated heterocycles.